The average Bonchev–Trinajstić information content (AvgIpc) is 2.75. The van der Waals surface area contributed by atoms with Crippen LogP contribution >= 0.6 is 11.6 Å². The fourth-order valence-corrected chi connectivity index (χ4v) is 3.27. The number of carbonyl (C=O) groups is 1. The van der Waals surface area contributed by atoms with Crippen molar-refractivity contribution < 1.29 is 18.0 Å². The van der Waals surface area contributed by atoms with Crippen molar-refractivity contribution in [1.82, 2.24) is 10.2 Å². The van der Waals surface area contributed by atoms with E-state index in [1.807, 2.05) is 0 Å². The zero-order valence-corrected chi connectivity index (χ0v) is 16.9. The average molecular weight is 459 g/mol. The van der Waals surface area contributed by atoms with E-state index in [4.69, 9.17) is 11.6 Å². The molecule has 1 heterocycles. The minimum Gasteiger partial charge on any atom is -0.308 e. The van der Waals surface area contributed by atoms with E-state index < -0.39 is 29.0 Å². The van der Waals surface area contributed by atoms with Crippen molar-refractivity contribution in [2.45, 2.75) is 6.42 Å². The lowest BCUT2D eigenvalue weighted by Gasteiger charge is -2.10. The number of amides is 2. The Morgan fingerprint density at radius 1 is 0.938 bits per heavy atom. The number of aromatic amines is 1. The number of hydrogen-bond donors (Lipinski definition) is 3. The second-order valence-electron chi connectivity index (χ2n) is 6.89. The molecule has 10 heteroatoms. The maximum absolute atomic E-state index is 13.7. The summed E-state index contributed by atoms with van der Waals surface area (Å²) in [5.41, 5.74) is 0.669. The molecule has 4 aromatic rings. The Balaban J connectivity index is 1.58. The monoisotopic (exact) mass is 458 g/mol. The molecular weight excluding hydrogens is 445 g/mol. The molecule has 0 aliphatic rings. The highest BCUT2D eigenvalue weighted by molar-refractivity contribution is 6.30. The Morgan fingerprint density at radius 3 is 2.50 bits per heavy atom. The van der Waals surface area contributed by atoms with E-state index in [0.29, 0.717) is 22.7 Å². The van der Waals surface area contributed by atoms with Crippen LogP contribution in [-0.4, -0.2) is 16.2 Å². The number of rotatable bonds is 4. The first-order chi connectivity index (χ1) is 15.3. The van der Waals surface area contributed by atoms with Crippen LogP contribution in [0.2, 0.25) is 5.02 Å². The number of hydrogen-bond acceptors (Lipinski definition) is 3. The summed E-state index contributed by atoms with van der Waals surface area (Å²) in [6, 6.07) is 10.9. The van der Waals surface area contributed by atoms with Crippen LogP contribution in [0.15, 0.2) is 59.4 Å². The number of urea groups is 1. The van der Waals surface area contributed by atoms with Crippen LogP contribution in [0.25, 0.3) is 10.8 Å². The molecule has 0 radical (unpaired) electrons. The topological polar surface area (TPSA) is 86.9 Å². The van der Waals surface area contributed by atoms with Gasteiger partial charge in [-0.1, -0.05) is 23.7 Å². The summed E-state index contributed by atoms with van der Waals surface area (Å²) in [5, 5.41) is 11.9. The van der Waals surface area contributed by atoms with E-state index in [1.54, 1.807) is 12.1 Å². The van der Waals surface area contributed by atoms with Crippen molar-refractivity contribution in [3.63, 3.8) is 0 Å². The number of benzene rings is 3. The summed E-state index contributed by atoms with van der Waals surface area (Å²) in [6.45, 7) is 0. The third-order valence-corrected chi connectivity index (χ3v) is 4.97. The molecule has 32 heavy (non-hydrogen) atoms. The van der Waals surface area contributed by atoms with Gasteiger partial charge in [-0.25, -0.2) is 23.1 Å². The maximum Gasteiger partial charge on any atom is 0.323 e. The lowest BCUT2D eigenvalue weighted by atomic mass is 10.0. The number of carbonyl (C=O) groups excluding carboxylic acids is 1. The van der Waals surface area contributed by atoms with Gasteiger partial charge < -0.3 is 10.6 Å². The molecule has 0 saturated carbocycles. The molecule has 0 fully saturated rings. The predicted octanol–water partition coefficient (Wildman–Crippen LogP) is 5.23. The Labute approximate surface area is 184 Å². The van der Waals surface area contributed by atoms with Gasteiger partial charge in [0, 0.05) is 23.6 Å². The summed E-state index contributed by atoms with van der Waals surface area (Å²) >= 11 is 5.71. The van der Waals surface area contributed by atoms with Gasteiger partial charge in [-0.2, -0.15) is 5.10 Å². The molecule has 0 unspecified atom stereocenters. The molecule has 4 rings (SSSR count). The fourth-order valence-electron chi connectivity index (χ4n) is 3.15. The summed E-state index contributed by atoms with van der Waals surface area (Å²) < 4.78 is 40.4. The van der Waals surface area contributed by atoms with Crippen LogP contribution in [-0.2, 0) is 6.42 Å². The van der Waals surface area contributed by atoms with Gasteiger partial charge in [-0.05, 0) is 42.0 Å². The number of anilines is 2. The number of nitrogens with one attached hydrogen (secondary N) is 3. The standard InChI is InChI=1S/C22H14ClF3N4O2/c23-16-5-1-11(7-17(16)25)8-20-14-4-3-13(10-15(14)21(31)30-29-20)27-22(32)28-19-6-2-12(24)9-18(19)26/h1-7,9-10H,8H2,(H,30,31)(H2,27,28,32). The van der Waals surface area contributed by atoms with Gasteiger partial charge in [0.1, 0.15) is 17.5 Å². The van der Waals surface area contributed by atoms with Gasteiger partial charge in [-0.15, -0.1) is 0 Å². The minimum absolute atomic E-state index is 0.00236. The molecule has 0 spiro atoms. The van der Waals surface area contributed by atoms with Gasteiger partial charge in [0.05, 0.1) is 21.8 Å². The number of H-pyrrole nitrogens is 1. The van der Waals surface area contributed by atoms with Gasteiger partial charge in [0.25, 0.3) is 5.56 Å². The molecule has 0 aliphatic heterocycles. The van der Waals surface area contributed by atoms with Gasteiger partial charge >= 0.3 is 6.03 Å². The first-order valence-corrected chi connectivity index (χ1v) is 9.66. The smallest absolute Gasteiger partial charge is 0.308 e. The van der Waals surface area contributed by atoms with E-state index >= 15 is 0 Å². The molecule has 3 aromatic carbocycles. The second kappa shape index (κ2) is 8.72. The van der Waals surface area contributed by atoms with Crippen molar-refractivity contribution in [2.24, 2.45) is 0 Å². The summed E-state index contributed by atoms with van der Waals surface area (Å²) in [4.78, 5) is 24.5. The third-order valence-electron chi connectivity index (χ3n) is 4.66. The number of nitrogens with zero attached hydrogens (tertiary/aromatic N) is 1. The first kappa shape index (κ1) is 21.4. The molecule has 3 N–H and O–H groups in total. The summed E-state index contributed by atoms with van der Waals surface area (Å²) in [7, 11) is 0. The van der Waals surface area contributed by atoms with E-state index in [9.17, 15) is 22.8 Å². The largest absolute Gasteiger partial charge is 0.323 e. The highest BCUT2D eigenvalue weighted by Gasteiger charge is 2.12. The molecule has 0 aliphatic carbocycles. The maximum atomic E-state index is 13.7. The molecule has 6 nitrogen and oxygen atoms in total. The lowest BCUT2D eigenvalue weighted by Crippen LogP contribution is -2.20. The fraction of sp³-hybridized carbons (Fsp3) is 0.0455. The van der Waals surface area contributed by atoms with E-state index in [-0.39, 0.29) is 28.2 Å². The normalized spacial score (nSPS) is 10.9. The summed E-state index contributed by atoms with van der Waals surface area (Å²) in [6.07, 6.45) is 0.235. The quantitative estimate of drug-likeness (QED) is 0.391. The van der Waals surface area contributed by atoms with Crippen LogP contribution in [0.5, 0.6) is 0 Å². The van der Waals surface area contributed by atoms with Crippen LogP contribution in [0, 0.1) is 17.5 Å². The second-order valence-corrected chi connectivity index (χ2v) is 7.30. The van der Waals surface area contributed by atoms with Crippen molar-refractivity contribution in [2.75, 3.05) is 10.6 Å². The zero-order chi connectivity index (χ0) is 22.8. The summed E-state index contributed by atoms with van der Waals surface area (Å²) in [5.74, 6) is -2.26. The van der Waals surface area contributed by atoms with Crippen LogP contribution in [0.4, 0.5) is 29.3 Å². The van der Waals surface area contributed by atoms with E-state index in [2.05, 4.69) is 20.8 Å². The van der Waals surface area contributed by atoms with E-state index in [0.717, 1.165) is 12.1 Å². The van der Waals surface area contributed by atoms with Gasteiger partial charge in [0.15, 0.2) is 0 Å². The van der Waals surface area contributed by atoms with Crippen molar-refractivity contribution in [3.8, 4) is 0 Å². The number of halogens is 4. The molecule has 0 atom stereocenters. The van der Waals surface area contributed by atoms with Gasteiger partial charge in [-0.3, -0.25) is 4.79 Å². The predicted molar refractivity (Wildman–Crippen MR) is 116 cm³/mol. The molecular formula is C22H14ClF3N4O2. The van der Waals surface area contributed by atoms with Gasteiger partial charge in [0.2, 0.25) is 0 Å². The first-order valence-electron chi connectivity index (χ1n) is 9.28. The molecule has 162 valence electrons. The Hall–Kier alpha value is -3.85. The SMILES string of the molecule is O=C(Nc1ccc2c(Cc3ccc(Cl)c(F)c3)n[nH]c(=O)c2c1)Nc1ccc(F)cc1F. The number of fused-ring (bicyclic) bond motifs is 1. The van der Waals surface area contributed by atoms with E-state index in [1.165, 1.54) is 24.3 Å². The zero-order valence-electron chi connectivity index (χ0n) is 16.2. The van der Waals surface area contributed by atoms with Crippen molar-refractivity contribution in [3.05, 3.63) is 98.7 Å². The minimum atomic E-state index is -0.926. The molecule has 2 amide bonds. The third kappa shape index (κ3) is 4.57. The molecule has 1 aromatic heterocycles. The highest BCUT2D eigenvalue weighted by atomic mass is 35.5. The van der Waals surface area contributed by atoms with Crippen LogP contribution in [0.3, 0.4) is 0 Å². The van der Waals surface area contributed by atoms with Crippen LogP contribution < -0.4 is 16.2 Å². The van der Waals surface area contributed by atoms with Crippen molar-refractivity contribution in [1.29, 1.82) is 0 Å². The molecule has 0 bridgehead atoms. The van der Waals surface area contributed by atoms with Crippen LogP contribution in [0.1, 0.15) is 11.3 Å². The lowest BCUT2D eigenvalue weighted by molar-refractivity contribution is 0.262. The number of aromatic nitrogens is 2. The Kier molecular flexibility index (Phi) is 5.83. The van der Waals surface area contributed by atoms with Crippen molar-refractivity contribution >= 4 is 39.8 Å². The Morgan fingerprint density at radius 2 is 1.75 bits per heavy atom. The molecule has 0 saturated heterocycles. The highest BCUT2D eigenvalue weighted by Crippen LogP contribution is 2.23. The Bertz CT molecular complexity index is 1410.